The number of carboxylic acids is 1. The number of anilines is 1. The predicted octanol–water partition coefficient (Wildman–Crippen LogP) is 1.62. The monoisotopic (exact) mass is 285 g/mol. The molecule has 2 aromatic rings. The second kappa shape index (κ2) is 5.40. The quantitative estimate of drug-likeness (QED) is 0.797. The molecule has 3 N–H and O–H groups in total. The van der Waals surface area contributed by atoms with E-state index in [1.54, 1.807) is 30.3 Å². The fourth-order valence-electron chi connectivity index (χ4n) is 2.51. The summed E-state index contributed by atoms with van der Waals surface area (Å²) in [4.78, 5) is 27.3. The van der Waals surface area contributed by atoms with Crippen molar-refractivity contribution in [2.45, 2.75) is 18.9 Å². The van der Waals surface area contributed by atoms with Crippen molar-refractivity contribution >= 4 is 28.6 Å². The number of amides is 1. The van der Waals surface area contributed by atoms with Crippen LogP contribution in [-0.4, -0.2) is 34.6 Å². The Balaban J connectivity index is 1.91. The number of nitrogens with zero attached hydrogens (tertiary/aromatic N) is 1. The minimum absolute atomic E-state index is 0.0255. The van der Waals surface area contributed by atoms with Gasteiger partial charge in [0.1, 0.15) is 11.9 Å². The Kier molecular flexibility index (Phi) is 3.43. The van der Waals surface area contributed by atoms with Gasteiger partial charge >= 0.3 is 5.97 Å². The van der Waals surface area contributed by atoms with Gasteiger partial charge in [-0.15, -0.1) is 0 Å². The fraction of sp³-hybridized carbons (Fsp3) is 0.267. The van der Waals surface area contributed by atoms with E-state index in [4.69, 9.17) is 5.11 Å². The van der Waals surface area contributed by atoms with Crippen LogP contribution in [0.1, 0.15) is 23.2 Å². The molecular weight excluding hydrogens is 270 g/mol. The zero-order valence-corrected chi connectivity index (χ0v) is 11.3. The van der Waals surface area contributed by atoms with Crippen molar-refractivity contribution in [3.8, 4) is 0 Å². The molecule has 1 atom stereocenters. The Hall–Kier alpha value is -2.63. The summed E-state index contributed by atoms with van der Waals surface area (Å²) in [5.41, 5.74) is 0.818. The molecule has 0 saturated carbocycles. The van der Waals surface area contributed by atoms with Gasteiger partial charge in [-0.05, 0) is 37.1 Å². The van der Waals surface area contributed by atoms with Gasteiger partial charge in [-0.1, -0.05) is 6.07 Å². The number of hydrogen-bond donors (Lipinski definition) is 3. The van der Waals surface area contributed by atoms with Crippen LogP contribution in [0.5, 0.6) is 0 Å². The lowest BCUT2D eigenvalue weighted by Crippen LogP contribution is -2.44. The highest BCUT2D eigenvalue weighted by Crippen LogP contribution is 2.20. The van der Waals surface area contributed by atoms with E-state index in [0.29, 0.717) is 23.3 Å². The van der Waals surface area contributed by atoms with Gasteiger partial charge in [0.2, 0.25) is 5.91 Å². The van der Waals surface area contributed by atoms with Crippen molar-refractivity contribution in [2.75, 3.05) is 11.9 Å². The summed E-state index contributed by atoms with van der Waals surface area (Å²) in [5, 5.41) is 15.6. The van der Waals surface area contributed by atoms with Crippen LogP contribution >= 0.6 is 0 Å². The molecule has 1 aromatic heterocycles. The van der Waals surface area contributed by atoms with Crippen LogP contribution in [0.4, 0.5) is 5.82 Å². The van der Waals surface area contributed by atoms with E-state index in [9.17, 15) is 9.59 Å². The van der Waals surface area contributed by atoms with E-state index in [1.165, 1.54) is 0 Å². The average Bonchev–Trinajstić information content (AvgIpc) is 2.48. The molecule has 1 amide bonds. The van der Waals surface area contributed by atoms with E-state index in [0.717, 1.165) is 12.8 Å². The summed E-state index contributed by atoms with van der Waals surface area (Å²) in [7, 11) is 0. The summed E-state index contributed by atoms with van der Waals surface area (Å²) in [6.07, 6.45) is 1.70. The van der Waals surface area contributed by atoms with Gasteiger partial charge in [0.15, 0.2) is 0 Å². The van der Waals surface area contributed by atoms with Crippen LogP contribution in [-0.2, 0) is 4.79 Å². The molecule has 1 aliphatic rings. The van der Waals surface area contributed by atoms with Gasteiger partial charge in [0, 0.05) is 11.9 Å². The number of fused-ring (bicyclic) bond motifs is 1. The molecule has 6 heteroatoms. The smallest absolute Gasteiger partial charge is 0.336 e. The van der Waals surface area contributed by atoms with Gasteiger partial charge in [0.05, 0.1) is 11.1 Å². The van der Waals surface area contributed by atoms with Crippen molar-refractivity contribution in [3.05, 3.63) is 35.9 Å². The number of nitrogens with one attached hydrogen (secondary N) is 2. The zero-order chi connectivity index (χ0) is 14.8. The maximum Gasteiger partial charge on any atom is 0.336 e. The van der Waals surface area contributed by atoms with Crippen molar-refractivity contribution in [1.82, 2.24) is 10.3 Å². The lowest BCUT2D eigenvalue weighted by molar-refractivity contribution is -0.123. The maximum atomic E-state index is 11.7. The number of carbonyl (C=O) groups excluding carboxylic acids is 1. The Labute approximate surface area is 121 Å². The Morgan fingerprint density at radius 2 is 2.19 bits per heavy atom. The van der Waals surface area contributed by atoms with Gasteiger partial charge in [-0.2, -0.15) is 0 Å². The summed E-state index contributed by atoms with van der Waals surface area (Å²) < 4.78 is 0. The Bertz CT molecular complexity index is 714. The molecule has 1 saturated heterocycles. The lowest BCUT2D eigenvalue weighted by Gasteiger charge is -2.23. The first-order valence-electron chi connectivity index (χ1n) is 6.82. The minimum atomic E-state index is -0.977. The topological polar surface area (TPSA) is 91.3 Å². The lowest BCUT2D eigenvalue weighted by atomic mass is 10.1. The molecule has 0 bridgehead atoms. The third-order valence-corrected chi connectivity index (χ3v) is 3.57. The van der Waals surface area contributed by atoms with Crippen LogP contribution in [0, 0.1) is 0 Å². The van der Waals surface area contributed by atoms with Crippen LogP contribution in [0.2, 0.25) is 0 Å². The number of piperidine rings is 1. The molecule has 2 heterocycles. The van der Waals surface area contributed by atoms with Crippen LogP contribution in [0.25, 0.3) is 10.9 Å². The second-order valence-electron chi connectivity index (χ2n) is 5.00. The van der Waals surface area contributed by atoms with Gasteiger partial charge in [-0.25, -0.2) is 9.78 Å². The molecule has 108 valence electrons. The van der Waals surface area contributed by atoms with Gasteiger partial charge in [0.25, 0.3) is 0 Å². The molecule has 1 fully saturated rings. The highest BCUT2D eigenvalue weighted by molar-refractivity contribution is 6.02. The minimum Gasteiger partial charge on any atom is -0.478 e. The number of aromatic nitrogens is 1. The first-order chi connectivity index (χ1) is 10.1. The second-order valence-corrected chi connectivity index (χ2v) is 5.00. The Morgan fingerprint density at radius 1 is 1.33 bits per heavy atom. The molecule has 0 radical (unpaired) electrons. The molecule has 0 spiro atoms. The third kappa shape index (κ3) is 2.65. The normalized spacial score (nSPS) is 18.3. The molecule has 1 unspecified atom stereocenters. The van der Waals surface area contributed by atoms with E-state index >= 15 is 0 Å². The summed E-state index contributed by atoms with van der Waals surface area (Å²) in [6, 6.07) is 8.11. The van der Waals surface area contributed by atoms with E-state index in [1.807, 2.05) is 0 Å². The number of benzene rings is 1. The molecular formula is C15H15N3O3. The largest absolute Gasteiger partial charge is 0.478 e. The number of pyridine rings is 1. The molecule has 6 nitrogen and oxygen atoms in total. The molecule has 1 aromatic carbocycles. The summed E-state index contributed by atoms with van der Waals surface area (Å²) in [5.74, 6) is -0.427. The number of hydrogen-bond acceptors (Lipinski definition) is 4. The maximum absolute atomic E-state index is 11.7. The number of carbonyl (C=O) groups is 2. The predicted molar refractivity (Wildman–Crippen MR) is 78.4 cm³/mol. The zero-order valence-electron chi connectivity index (χ0n) is 11.3. The van der Waals surface area contributed by atoms with Crippen molar-refractivity contribution < 1.29 is 14.7 Å². The first kappa shape index (κ1) is 13.4. The molecule has 3 rings (SSSR count). The SMILES string of the molecule is O=C(O)c1cccc2nc(NC3CCCNC3=O)ccc12. The summed E-state index contributed by atoms with van der Waals surface area (Å²) >= 11 is 0. The highest BCUT2D eigenvalue weighted by atomic mass is 16.4. The molecule has 1 aliphatic heterocycles. The number of carboxylic acid groups (broad SMARTS) is 1. The van der Waals surface area contributed by atoms with Crippen LogP contribution in [0.15, 0.2) is 30.3 Å². The summed E-state index contributed by atoms with van der Waals surface area (Å²) in [6.45, 7) is 0.712. The van der Waals surface area contributed by atoms with Gasteiger partial charge in [-0.3, -0.25) is 4.79 Å². The highest BCUT2D eigenvalue weighted by Gasteiger charge is 2.22. The van der Waals surface area contributed by atoms with Crippen LogP contribution in [0.3, 0.4) is 0 Å². The van der Waals surface area contributed by atoms with Gasteiger partial charge < -0.3 is 15.7 Å². The van der Waals surface area contributed by atoms with Crippen molar-refractivity contribution in [2.24, 2.45) is 0 Å². The van der Waals surface area contributed by atoms with E-state index in [2.05, 4.69) is 15.6 Å². The van der Waals surface area contributed by atoms with Crippen molar-refractivity contribution in [3.63, 3.8) is 0 Å². The van der Waals surface area contributed by atoms with E-state index < -0.39 is 5.97 Å². The average molecular weight is 285 g/mol. The first-order valence-corrected chi connectivity index (χ1v) is 6.82. The fourth-order valence-corrected chi connectivity index (χ4v) is 2.51. The van der Waals surface area contributed by atoms with Crippen LogP contribution < -0.4 is 10.6 Å². The third-order valence-electron chi connectivity index (χ3n) is 3.57. The Morgan fingerprint density at radius 3 is 2.95 bits per heavy atom. The van der Waals surface area contributed by atoms with Crippen molar-refractivity contribution in [1.29, 1.82) is 0 Å². The number of aromatic carboxylic acids is 1. The number of rotatable bonds is 3. The standard InChI is InChI=1S/C15H15N3O3/c19-14-12(5-2-8-16-14)18-13-7-6-9-10(15(20)21)3-1-4-11(9)17-13/h1,3-4,6-7,12H,2,5,8H2,(H,16,19)(H,17,18)(H,20,21). The molecule has 0 aliphatic carbocycles. The van der Waals surface area contributed by atoms with E-state index in [-0.39, 0.29) is 17.5 Å². The molecule has 21 heavy (non-hydrogen) atoms.